The van der Waals surface area contributed by atoms with E-state index in [4.69, 9.17) is 16.3 Å². The summed E-state index contributed by atoms with van der Waals surface area (Å²) in [7, 11) is 0. The number of carbonyl (C=O) groups is 1. The number of rotatable bonds is 5. The van der Waals surface area contributed by atoms with Gasteiger partial charge < -0.3 is 10.1 Å². The largest absolute Gasteiger partial charge is 0.483 e. The smallest absolute Gasteiger partial charge is 0.258 e. The number of benzene rings is 3. The van der Waals surface area contributed by atoms with E-state index >= 15 is 0 Å². The summed E-state index contributed by atoms with van der Waals surface area (Å²) in [5, 5.41) is 5.81. The van der Waals surface area contributed by atoms with Gasteiger partial charge in [-0.05, 0) is 56.5 Å². The molecule has 0 aromatic heterocycles. The Balaban J connectivity index is 1.54. The van der Waals surface area contributed by atoms with Crippen molar-refractivity contribution in [3.05, 3.63) is 75.7 Å². The summed E-state index contributed by atoms with van der Waals surface area (Å²) in [6, 6.07) is 19.4. The third kappa shape index (κ3) is 4.28. The van der Waals surface area contributed by atoms with Gasteiger partial charge in [-0.25, -0.2) is 0 Å². The lowest BCUT2D eigenvalue weighted by Crippen LogP contribution is -2.28. The molecule has 1 N–H and O–H groups in total. The zero-order valence-corrected chi connectivity index (χ0v) is 15.1. The molecule has 0 saturated carbocycles. The fourth-order valence-corrected chi connectivity index (χ4v) is 3.13. The highest BCUT2D eigenvalue weighted by Crippen LogP contribution is 2.27. The molecule has 0 bridgehead atoms. The zero-order chi connectivity index (χ0) is 16.9. The molecule has 0 heterocycles. The van der Waals surface area contributed by atoms with Crippen LogP contribution in [0.15, 0.2) is 65.1 Å². The van der Waals surface area contributed by atoms with Gasteiger partial charge in [0.2, 0.25) is 0 Å². The fraction of sp³-hybridized carbons (Fsp3) is 0.105. The quantitative estimate of drug-likeness (QED) is 0.653. The van der Waals surface area contributed by atoms with Gasteiger partial charge in [0.1, 0.15) is 5.75 Å². The first-order chi connectivity index (χ1) is 11.6. The van der Waals surface area contributed by atoms with Crippen LogP contribution in [0.2, 0.25) is 5.02 Å². The van der Waals surface area contributed by atoms with Crippen LogP contribution in [0.5, 0.6) is 5.75 Å². The molecule has 0 atom stereocenters. The van der Waals surface area contributed by atoms with E-state index < -0.39 is 0 Å². The summed E-state index contributed by atoms with van der Waals surface area (Å²) in [6.45, 7) is 0.419. The van der Waals surface area contributed by atoms with E-state index in [-0.39, 0.29) is 12.5 Å². The first kappa shape index (κ1) is 16.8. The normalized spacial score (nSPS) is 10.6. The summed E-state index contributed by atoms with van der Waals surface area (Å²) in [5.41, 5.74) is 1.05. The maximum absolute atomic E-state index is 12.0. The van der Waals surface area contributed by atoms with E-state index in [1.165, 1.54) is 5.39 Å². The van der Waals surface area contributed by atoms with Crippen LogP contribution in [0, 0.1) is 0 Å². The standard InChI is InChI=1S/C19H15BrClNO2/c20-17-10-16(21)7-8-18(17)24-12-19(23)22-11-13-5-6-14-3-1-2-4-15(14)9-13/h1-10H,11-12H2,(H,22,23). The van der Waals surface area contributed by atoms with Crippen LogP contribution in [0.4, 0.5) is 0 Å². The van der Waals surface area contributed by atoms with Crippen LogP contribution in [0.25, 0.3) is 10.8 Å². The van der Waals surface area contributed by atoms with Gasteiger partial charge >= 0.3 is 0 Å². The summed E-state index contributed by atoms with van der Waals surface area (Å²) in [5.74, 6) is 0.408. The van der Waals surface area contributed by atoms with Crippen molar-refractivity contribution < 1.29 is 9.53 Å². The number of hydrogen-bond donors (Lipinski definition) is 1. The number of ether oxygens (including phenoxy) is 1. The summed E-state index contributed by atoms with van der Waals surface area (Å²) in [6.07, 6.45) is 0. The first-order valence-electron chi connectivity index (χ1n) is 7.44. The minimum atomic E-state index is -0.176. The van der Waals surface area contributed by atoms with Gasteiger partial charge in [-0.1, -0.05) is 48.0 Å². The highest BCUT2D eigenvalue weighted by atomic mass is 79.9. The van der Waals surface area contributed by atoms with Crippen LogP contribution >= 0.6 is 27.5 Å². The molecule has 1 amide bonds. The first-order valence-corrected chi connectivity index (χ1v) is 8.61. The molecule has 0 saturated heterocycles. The Hall–Kier alpha value is -2.04. The van der Waals surface area contributed by atoms with Crippen LogP contribution in [-0.2, 0) is 11.3 Å². The Kier molecular flexibility index (Phi) is 5.38. The molecule has 0 aliphatic heterocycles. The predicted molar refractivity (Wildman–Crippen MR) is 100 cm³/mol. The average molecular weight is 405 g/mol. The number of carbonyl (C=O) groups excluding carboxylic acids is 1. The molecule has 3 aromatic carbocycles. The van der Waals surface area contributed by atoms with Crippen LogP contribution in [0.1, 0.15) is 5.56 Å². The minimum Gasteiger partial charge on any atom is -0.483 e. The molecule has 3 aromatic rings. The molecular weight excluding hydrogens is 390 g/mol. The zero-order valence-electron chi connectivity index (χ0n) is 12.8. The van der Waals surface area contributed by atoms with E-state index in [0.717, 1.165) is 15.4 Å². The number of fused-ring (bicyclic) bond motifs is 1. The Morgan fingerprint density at radius 1 is 1.04 bits per heavy atom. The molecule has 0 aliphatic carbocycles. The van der Waals surface area contributed by atoms with Gasteiger partial charge in [0.25, 0.3) is 5.91 Å². The average Bonchev–Trinajstić information content (AvgIpc) is 2.59. The molecule has 0 unspecified atom stereocenters. The Morgan fingerprint density at radius 2 is 1.83 bits per heavy atom. The van der Waals surface area contributed by atoms with Gasteiger partial charge in [0.15, 0.2) is 6.61 Å². The Bertz CT molecular complexity index is 882. The molecule has 5 heteroatoms. The van der Waals surface area contributed by atoms with Crippen molar-refractivity contribution in [2.75, 3.05) is 6.61 Å². The number of amides is 1. The highest BCUT2D eigenvalue weighted by molar-refractivity contribution is 9.10. The minimum absolute atomic E-state index is 0.0478. The van der Waals surface area contributed by atoms with Crippen molar-refractivity contribution in [1.29, 1.82) is 0 Å². The Labute approximate surface area is 153 Å². The molecular formula is C19H15BrClNO2. The van der Waals surface area contributed by atoms with Gasteiger partial charge in [-0.3, -0.25) is 4.79 Å². The second kappa shape index (κ2) is 7.69. The third-order valence-electron chi connectivity index (χ3n) is 3.56. The molecule has 0 spiro atoms. The number of nitrogens with one attached hydrogen (secondary N) is 1. The topological polar surface area (TPSA) is 38.3 Å². The third-order valence-corrected chi connectivity index (χ3v) is 4.41. The van der Waals surface area contributed by atoms with E-state index in [9.17, 15) is 4.79 Å². The molecule has 0 aliphatic rings. The second-order valence-electron chi connectivity index (χ2n) is 5.32. The van der Waals surface area contributed by atoms with E-state index in [1.54, 1.807) is 18.2 Å². The van der Waals surface area contributed by atoms with E-state index in [2.05, 4.69) is 45.5 Å². The van der Waals surface area contributed by atoms with Crippen molar-refractivity contribution in [3.63, 3.8) is 0 Å². The van der Waals surface area contributed by atoms with Crippen molar-refractivity contribution in [1.82, 2.24) is 5.32 Å². The van der Waals surface area contributed by atoms with Crippen molar-refractivity contribution in [3.8, 4) is 5.75 Å². The lowest BCUT2D eigenvalue weighted by molar-refractivity contribution is -0.123. The molecule has 0 fully saturated rings. The highest BCUT2D eigenvalue weighted by Gasteiger charge is 2.06. The number of hydrogen-bond acceptors (Lipinski definition) is 2. The maximum Gasteiger partial charge on any atom is 0.258 e. The second-order valence-corrected chi connectivity index (χ2v) is 6.61. The molecule has 3 rings (SSSR count). The van der Waals surface area contributed by atoms with Crippen molar-refractivity contribution >= 4 is 44.2 Å². The predicted octanol–water partition coefficient (Wildman–Crippen LogP) is 4.95. The van der Waals surface area contributed by atoms with Crippen LogP contribution < -0.4 is 10.1 Å². The molecule has 24 heavy (non-hydrogen) atoms. The Morgan fingerprint density at radius 3 is 2.62 bits per heavy atom. The van der Waals surface area contributed by atoms with Crippen molar-refractivity contribution in [2.24, 2.45) is 0 Å². The lowest BCUT2D eigenvalue weighted by Gasteiger charge is -2.09. The van der Waals surface area contributed by atoms with Crippen LogP contribution in [-0.4, -0.2) is 12.5 Å². The van der Waals surface area contributed by atoms with Gasteiger partial charge in [0.05, 0.1) is 4.47 Å². The molecule has 122 valence electrons. The SMILES string of the molecule is O=C(COc1ccc(Cl)cc1Br)NCc1ccc2ccccc2c1. The lowest BCUT2D eigenvalue weighted by atomic mass is 10.1. The fourth-order valence-electron chi connectivity index (χ4n) is 2.34. The summed E-state index contributed by atoms with van der Waals surface area (Å²) < 4.78 is 6.21. The molecule has 3 nitrogen and oxygen atoms in total. The van der Waals surface area contributed by atoms with Gasteiger partial charge in [-0.2, -0.15) is 0 Å². The van der Waals surface area contributed by atoms with Gasteiger partial charge in [0, 0.05) is 11.6 Å². The summed E-state index contributed by atoms with van der Waals surface area (Å²) in [4.78, 5) is 12.0. The van der Waals surface area contributed by atoms with E-state index in [0.29, 0.717) is 17.3 Å². The van der Waals surface area contributed by atoms with E-state index in [1.807, 2.05) is 18.2 Å². The van der Waals surface area contributed by atoms with Crippen molar-refractivity contribution in [2.45, 2.75) is 6.54 Å². The van der Waals surface area contributed by atoms with Crippen LogP contribution in [0.3, 0.4) is 0 Å². The maximum atomic E-state index is 12.0. The monoisotopic (exact) mass is 403 g/mol. The summed E-state index contributed by atoms with van der Waals surface area (Å²) >= 11 is 9.23. The number of halogens is 2. The molecule has 0 radical (unpaired) electrons. The van der Waals surface area contributed by atoms with Gasteiger partial charge in [-0.15, -0.1) is 0 Å².